The van der Waals surface area contributed by atoms with Gasteiger partial charge in [0.05, 0.1) is 36.5 Å². The number of ether oxygens (including phenoxy) is 2. The van der Waals surface area contributed by atoms with Gasteiger partial charge in [-0.2, -0.15) is 0 Å². The molecule has 33 heavy (non-hydrogen) atoms. The largest absolute Gasteiger partial charge is 0.493 e. The zero-order valence-electron chi connectivity index (χ0n) is 19.7. The van der Waals surface area contributed by atoms with Crippen LogP contribution in [0.4, 0.5) is 5.69 Å². The lowest BCUT2D eigenvalue weighted by atomic mass is 10.1. The number of hydrogen-bond donors (Lipinski definition) is 1. The number of hydrogen-bond acceptors (Lipinski definition) is 5. The zero-order chi connectivity index (χ0) is 24.1. The first kappa shape index (κ1) is 23.9. The van der Waals surface area contributed by atoms with Gasteiger partial charge >= 0.3 is 5.69 Å². The van der Waals surface area contributed by atoms with E-state index in [4.69, 9.17) is 9.47 Å². The van der Waals surface area contributed by atoms with Crippen molar-refractivity contribution in [3.63, 3.8) is 0 Å². The first-order valence-electron chi connectivity index (χ1n) is 10.8. The average Bonchev–Trinajstić information content (AvgIpc) is 3.07. The van der Waals surface area contributed by atoms with Crippen LogP contribution in [0.3, 0.4) is 0 Å². The highest BCUT2D eigenvalue weighted by atomic mass is 16.5. The maximum atomic E-state index is 12.9. The van der Waals surface area contributed by atoms with Crippen molar-refractivity contribution < 1.29 is 19.1 Å². The predicted molar refractivity (Wildman–Crippen MR) is 127 cm³/mol. The van der Waals surface area contributed by atoms with Gasteiger partial charge in [-0.3, -0.25) is 18.7 Å². The summed E-state index contributed by atoms with van der Waals surface area (Å²) < 4.78 is 14.0. The number of carbonyl (C=O) groups excluding carboxylic acids is 2. The van der Waals surface area contributed by atoms with Crippen molar-refractivity contribution in [2.75, 3.05) is 33.6 Å². The van der Waals surface area contributed by atoms with Crippen LogP contribution in [0.2, 0.25) is 0 Å². The minimum atomic E-state index is -0.325. The second-order valence-corrected chi connectivity index (χ2v) is 7.83. The minimum Gasteiger partial charge on any atom is -0.493 e. The summed E-state index contributed by atoms with van der Waals surface area (Å²) >= 11 is 0. The van der Waals surface area contributed by atoms with Crippen molar-refractivity contribution in [1.29, 1.82) is 0 Å². The summed E-state index contributed by atoms with van der Waals surface area (Å²) in [6.07, 6.45) is 0.889. The fraction of sp³-hybridized carbons (Fsp3) is 0.375. The lowest BCUT2D eigenvalue weighted by Crippen LogP contribution is -2.27. The molecule has 1 aromatic heterocycles. The summed E-state index contributed by atoms with van der Waals surface area (Å²) in [4.78, 5) is 39.9. The smallest absolute Gasteiger partial charge is 0.329 e. The molecular weight excluding hydrogens is 424 g/mol. The first-order chi connectivity index (χ1) is 15.8. The Morgan fingerprint density at radius 1 is 0.970 bits per heavy atom. The quantitative estimate of drug-likeness (QED) is 0.536. The fourth-order valence-electron chi connectivity index (χ4n) is 3.75. The molecule has 176 valence electrons. The number of fused-ring (bicyclic) bond motifs is 1. The summed E-state index contributed by atoms with van der Waals surface area (Å²) in [6.45, 7) is 2.84. The fourth-order valence-corrected chi connectivity index (χ4v) is 3.75. The summed E-state index contributed by atoms with van der Waals surface area (Å²) in [6, 6.07) is 10.7. The third-order valence-corrected chi connectivity index (χ3v) is 5.37. The number of amides is 2. The molecule has 0 atom stereocenters. The molecule has 0 spiro atoms. The number of nitrogens with zero attached hydrogens (tertiary/aromatic N) is 3. The normalized spacial score (nSPS) is 10.8. The maximum absolute atomic E-state index is 12.9. The third-order valence-electron chi connectivity index (χ3n) is 5.37. The van der Waals surface area contributed by atoms with Gasteiger partial charge in [0.25, 0.3) is 5.91 Å². The van der Waals surface area contributed by atoms with Crippen molar-refractivity contribution in [3.8, 4) is 11.5 Å². The molecule has 9 heteroatoms. The number of methoxy groups -OCH3 is 2. The average molecular weight is 455 g/mol. The molecule has 0 aliphatic rings. The van der Waals surface area contributed by atoms with Crippen LogP contribution in [0.5, 0.6) is 11.5 Å². The van der Waals surface area contributed by atoms with Crippen LogP contribution in [-0.2, 0) is 17.9 Å². The number of carbonyl (C=O) groups is 2. The Hall–Kier alpha value is -3.75. The van der Waals surface area contributed by atoms with E-state index in [-0.39, 0.29) is 36.0 Å². The number of benzene rings is 2. The summed E-state index contributed by atoms with van der Waals surface area (Å²) in [5.41, 5.74) is 2.10. The van der Waals surface area contributed by atoms with Crippen LogP contribution in [0.25, 0.3) is 11.0 Å². The molecule has 0 unspecified atom stereocenters. The summed E-state index contributed by atoms with van der Waals surface area (Å²) in [5.74, 6) is 0.164. The standard InChI is InChI=1S/C24H30N4O5/c1-6-12-27-18-9-7-8-10-19(18)28(24(27)31)13-11-22(29)25-17-15-21(33-5)20(32-4)14-16(17)23(30)26(2)3/h7-10,14-15H,6,11-13H2,1-5H3,(H,25,29). The molecule has 2 amide bonds. The van der Waals surface area contributed by atoms with Crippen LogP contribution >= 0.6 is 0 Å². The zero-order valence-corrected chi connectivity index (χ0v) is 19.7. The molecule has 0 saturated heterocycles. The lowest BCUT2D eigenvalue weighted by Gasteiger charge is -2.18. The van der Waals surface area contributed by atoms with Gasteiger partial charge in [0.1, 0.15) is 0 Å². The van der Waals surface area contributed by atoms with E-state index in [2.05, 4.69) is 5.32 Å². The highest BCUT2D eigenvalue weighted by molar-refractivity contribution is 6.04. The van der Waals surface area contributed by atoms with E-state index >= 15 is 0 Å². The van der Waals surface area contributed by atoms with Gasteiger partial charge in [0.15, 0.2) is 11.5 Å². The van der Waals surface area contributed by atoms with Gasteiger partial charge in [0, 0.05) is 39.7 Å². The number of imidazole rings is 1. The van der Waals surface area contributed by atoms with Gasteiger partial charge in [-0.05, 0) is 24.6 Å². The van der Waals surface area contributed by atoms with Gasteiger partial charge in [-0.15, -0.1) is 0 Å². The molecule has 3 rings (SSSR count). The number of aromatic nitrogens is 2. The van der Waals surface area contributed by atoms with Crippen LogP contribution in [0, 0.1) is 0 Å². The first-order valence-corrected chi connectivity index (χ1v) is 10.8. The van der Waals surface area contributed by atoms with Crippen molar-refractivity contribution in [2.45, 2.75) is 32.9 Å². The monoisotopic (exact) mass is 454 g/mol. The van der Waals surface area contributed by atoms with E-state index in [0.29, 0.717) is 23.7 Å². The topological polar surface area (TPSA) is 94.8 Å². The van der Waals surface area contributed by atoms with Crippen LogP contribution in [-0.4, -0.2) is 54.2 Å². The van der Waals surface area contributed by atoms with Gasteiger partial charge in [-0.25, -0.2) is 4.79 Å². The number of aryl methyl sites for hydroxylation is 2. The van der Waals surface area contributed by atoms with Gasteiger partial charge < -0.3 is 19.7 Å². The Morgan fingerprint density at radius 3 is 2.09 bits per heavy atom. The van der Waals surface area contributed by atoms with Gasteiger partial charge in [0.2, 0.25) is 5.91 Å². The molecule has 0 saturated carbocycles. The highest BCUT2D eigenvalue weighted by Crippen LogP contribution is 2.34. The highest BCUT2D eigenvalue weighted by Gasteiger charge is 2.20. The van der Waals surface area contributed by atoms with E-state index in [1.165, 1.54) is 19.1 Å². The number of rotatable bonds is 9. The molecule has 1 heterocycles. The van der Waals surface area contributed by atoms with E-state index in [1.54, 1.807) is 35.4 Å². The maximum Gasteiger partial charge on any atom is 0.329 e. The Labute approximate surface area is 192 Å². The molecule has 0 bridgehead atoms. The summed E-state index contributed by atoms with van der Waals surface area (Å²) in [7, 11) is 6.22. The van der Waals surface area contributed by atoms with E-state index in [9.17, 15) is 14.4 Å². The number of nitrogens with one attached hydrogen (secondary N) is 1. The number of para-hydroxylation sites is 2. The second kappa shape index (κ2) is 10.2. The van der Waals surface area contributed by atoms with Gasteiger partial charge in [-0.1, -0.05) is 19.1 Å². The Bertz CT molecular complexity index is 1230. The molecule has 0 fully saturated rings. The molecule has 0 aliphatic heterocycles. The Balaban J connectivity index is 1.87. The van der Waals surface area contributed by atoms with E-state index in [0.717, 1.165) is 17.5 Å². The Kier molecular flexibility index (Phi) is 7.42. The molecule has 2 aromatic carbocycles. The molecule has 0 aliphatic carbocycles. The van der Waals surface area contributed by atoms with Crippen molar-refractivity contribution in [1.82, 2.24) is 14.0 Å². The van der Waals surface area contributed by atoms with E-state index in [1.807, 2.05) is 31.2 Å². The predicted octanol–water partition coefficient (Wildman–Crippen LogP) is 2.96. The Morgan fingerprint density at radius 2 is 1.55 bits per heavy atom. The molecule has 0 radical (unpaired) electrons. The van der Waals surface area contributed by atoms with Crippen molar-refractivity contribution >= 4 is 28.5 Å². The van der Waals surface area contributed by atoms with E-state index < -0.39 is 0 Å². The molecule has 1 N–H and O–H groups in total. The number of anilines is 1. The SMILES string of the molecule is CCCn1c(=O)n(CCC(=O)Nc2cc(OC)c(OC)cc2C(=O)N(C)C)c2ccccc21. The molecule has 9 nitrogen and oxygen atoms in total. The minimum absolute atomic E-state index is 0.0595. The lowest BCUT2D eigenvalue weighted by molar-refractivity contribution is -0.116. The van der Waals surface area contributed by atoms with Crippen LogP contribution in [0.1, 0.15) is 30.1 Å². The molecular formula is C24H30N4O5. The van der Waals surface area contributed by atoms with Crippen LogP contribution < -0.4 is 20.5 Å². The van der Waals surface area contributed by atoms with Crippen LogP contribution in [0.15, 0.2) is 41.2 Å². The second-order valence-electron chi connectivity index (χ2n) is 7.83. The van der Waals surface area contributed by atoms with Crippen molar-refractivity contribution in [3.05, 3.63) is 52.4 Å². The third kappa shape index (κ3) is 4.87. The summed E-state index contributed by atoms with van der Waals surface area (Å²) in [5, 5.41) is 2.80. The molecule has 3 aromatic rings. The van der Waals surface area contributed by atoms with Crippen molar-refractivity contribution in [2.24, 2.45) is 0 Å².